The van der Waals surface area contributed by atoms with Gasteiger partial charge in [-0.25, -0.2) is 0 Å². The average Bonchev–Trinajstić information content (AvgIpc) is 3.23. The van der Waals surface area contributed by atoms with Crippen LogP contribution in [0.15, 0.2) is 0 Å². The Morgan fingerprint density at radius 2 is 2.10 bits per heavy atom. The molecule has 2 N–H and O–H groups in total. The van der Waals surface area contributed by atoms with Crippen LogP contribution < -0.4 is 5.32 Å². The summed E-state index contributed by atoms with van der Waals surface area (Å²) in [6.45, 7) is 5.41. The lowest BCUT2D eigenvalue weighted by Gasteiger charge is -2.24. The first kappa shape index (κ1) is 17.4. The summed E-state index contributed by atoms with van der Waals surface area (Å²) in [5.74, 6) is 0.0531. The molecule has 118 valence electrons. The standard InChI is InChI=1S/C15H30N2O3/c1-15(16-2,14(18)19)8-4-5-9-17(3)10-11-20-12-13-6-7-13/h13,16H,4-12H2,1-3H3,(H,18,19). The molecule has 0 radical (unpaired) electrons. The van der Waals surface area contributed by atoms with Crippen LogP contribution >= 0.6 is 0 Å². The molecule has 1 fully saturated rings. The van der Waals surface area contributed by atoms with Gasteiger partial charge in [-0.05, 0) is 65.6 Å². The van der Waals surface area contributed by atoms with Crippen molar-refractivity contribution in [3.8, 4) is 0 Å². The molecule has 0 amide bonds. The van der Waals surface area contributed by atoms with Crippen LogP contribution in [0.4, 0.5) is 0 Å². The molecule has 0 spiro atoms. The van der Waals surface area contributed by atoms with Crippen molar-refractivity contribution in [2.75, 3.05) is 40.4 Å². The van der Waals surface area contributed by atoms with Gasteiger partial charge < -0.3 is 20.1 Å². The van der Waals surface area contributed by atoms with Gasteiger partial charge in [0.2, 0.25) is 0 Å². The number of carboxylic acids is 1. The van der Waals surface area contributed by atoms with Gasteiger partial charge in [-0.15, -0.1) is 0 Å². The Morgan fingerprint density at radius 3 is 2.65 bits per heavy atom. The molecular weight excluding hydrogens is 256 g/mol. The molecular formula is C15H30N2O3. The molecule has 1 aliphatic carbocycles. The quantitative estimate of drug-likeness (QED) is 0.533. The van der Waals surface area contributed by atoms with E-state index >= 15 is 0 Å². The molecule has 5 nitrogen and oxygen atoms in total. The Labute approximate surface area is 122 Å². The van der Waals surface area contributed by atoms with Crippen LogP contribution in [0.3, 0.4) is 0 Å². The zero-order valence-corrected chi connectivity index (χ0v) is 13.2. The molecule has 20 heavy (non-hydrogen) atoms. The summed E-state index contributed by atoms with van der Waals surface area (Å²) in [7, 11) is 3.80. The second kappa shape index (κ2) is 8.60. The van der Waals surface area contributed by atoms with Crippen molar-refractivity contribution in [2.45, 2.75) is 44.6 Å². The summed E-state index contributed by atoms with van der Waals surface area (Å²) in [6.07, 6.45) is 5.26. The van der Waals surface area contributed by atoms with Crippen molar-refractivity contribution in [1.82, 2.24) is 10.2 Å². The number of rotatable bonds is 12. The lowest BCUT2D eigenvalue weighted by Crippen LogP contribution is -2.47. The van der Waals surface area contributed by atoms with E-state index < -0.39 is 11.5 Å². The Hall–Kier alpha value is -0.650. The third-order valence-corrected chi connectivity index (χ3v) is 4.16. The smallest absolute Gasteiger partial charge is 0.323 e. The van der Waals surface area contributed by atoms with Gasteiger partial charge in [-0.1, -0.05) is 0 Å². The number of likely N-dealkylation sites (N-methyl/N-ethyl adjacent to an activating group) is 2. The minimum atomic E-state index is -0.800. The normalized spacial score (nSPS) is 18.2. The Bertz CT molecular complexity index is 295. The number of hydrogen-bond acceptors (Lipinski definition) is 4. The van der Waals surface area contributed by atoms with E-state index in [2.05, 4.69) is 17.3 Å². The van der Waals surface area contributed by atoms with Crippen LogP contribution in [0, 0.1) is 5.92 Å². The lowest BCUT2D eigenvalue weighted by atomic mass is 9.95. The highest BCUT2D eigenvalue weighted by Gasteiger charge is 2.30. The van der Waals surface area contributed by atoms with Crippen molar-refractivity contribution in [1.29, 1.82) is 0 Å². The molecule has 0 bridgehead atoms. The fourth-order valence-electron chi connectivity index (χ4n) is 2.07. The van der Waals surface area contributed by atoms with Crippen molar-refractivity contribution in [3.05, 3.63) is 0 Å². The second-order valence-electron chi connectivity index (χ2n) is 6.17. The molecule has 0 aromatic rings. The lowest BCUT2D eigenvalue weighted by molar-refractivity contribution is -0.144. The summed E-state index contributed by atoms with van der Waals surface area (Å²) in [5, 5.41) is 12.0. The van der Waals surface area contributed by atoms with Crippen LogP contribution in [-0.4, -0.2) is 61.9 Å². The zero-order valence-electron chi connectivity index (χ0n) is 13.2. The Kier molecular flexibility index (Phi) is 7.48. The van der Waals surface area contributed by atoms with Gasteiger partial charge in [0.05, 0.1) is 6.61 Å². The number of unbranched alkanes of at least 4 members (excludes halogenated alkanes) is 1. The average molecular weight is 286 g/mol. The van der Waals surface area contributed by atoms with E-state index in [1.54, 1.807) is 14.0 Å². The highest BCUT2D eigenvalue weighted by atomic mass is 16.5. The van der Waals surface area contributed by atoms with E-state index in [9.17, 15) is 4.79 Å². The van der Waals surface area contributed by atoms with Crippen LogP contribution in [0.2, 0.25) is 0 Å². The molecule has 5 heteroatoms. The number of nitrogens with zero attached hydrogens (tertiary/aromatic N) is 1. The molecule has 0 heterocycles. The molecule has 0 aliphatic heterocycles. The predicted octanol–water partition coefficient (Wildman–Crippen LogP) is 1.58. The van der Waals surface area contributed by atoms with Crippen LogP contribution in [0.25, 0.3) is 0 Å². The number of hydrogen-bond donors (Lipinski definition) is 2. The van der Waals surface area contributed by atoms with Gasteiger partial charge in [0.1, 0.15) is 5.54 Å². The summed E-state index contributed by atoms with van der Waals surface area (Å²) in [5.41, 5.74) is -0.800. The molecule has 1 aliphatic rings. The number of nitrogens with one attached hydrogen (secondary N) is 1. The van der Waals surface area contributed by atoms with E-state index in [0.29, 0.717) is 6.42 Å². The molecule has 0 saturated heterocycles. The first-order valence-corrected chi connectivity index (χ1v) is 7.66. The molecule has 1 saturated carbocycles. The van der Waals surface area contributed by atoms with Gasteiger partial charge in [-0.3, -0.25) is 4.79 Å². The molecule has 1 unspecified atom stereocenters. The Morgan fingerprint density at radius 1 is 1.40 bits per heavy atom. The predicted molar refractivity (Wildman–Crippen MR) is 80.0 cm³/mol. The van der Waals surface area contributed by atoms with Gasteiger partial charge in [0, 0.05) is 13.2 Å². The van der Waals surface area contributed by atoms with E-state index in [-0.39, 0.29) is 0 Å². The van der Waals surface area contributed by atoms with Crippen molar-refractivity contribution in [3.63, 3.8) is 0 Å². The van der Waals surface area contributed by atoms with Crippen molar-refractivity contribution < 1.29 is 14.6 Å². The zero-order chi connectivity index (χ0) is 15.0. The van der Waals surface area contributed by atoms with Gasteiger partial charge >= 0.3 is 5.97 Å². The van der Waals surface area contributed by atoms with Crippen molar-refractivity contribution in [2.24, 2.45) is 5.92 Å². The minimum absolute atomic E-state index is 0.658. The molecule has 0 aromatic carbocycles. The highest BCUT2D eigenvalue weighted by Crippen LogP contribution is 2.28. The van der Waals surface area contributed by atoms with Gasteiger partial charge in [-0.2, -0.15) is 0 Å². The maximum absolute atomic E-state index is 11.1. The molecule has 1 atom stereocenters. The highest BCUT2D eigenvalue weighted by molar-refractivity contribution is 5.78. The third-order valence-electron chi connectivity index (χ3n) is 4.16. The number of ether oxygens (including phenoxy) is 1. The minimum Gasteiger partial charge on any atom is -0.480 e. The van der Waals surface area contributed by atoms with Gasteiger partial charge in [0.15, 0.2) is 0 Å². The fraction of sp³-hybridized carbons (Fsp3) is 0.933. The summed E-state index contributed by atoms with van der Waals surface area (Å²) in [6, 6.07) is 0. The van der Waals surface area contributed by atoms with Crippen LogP contribution in [0.1, 0.15) is 39.0 Å². The first-order chi connectivity index (χ1) is 9.48. The first-order valence-electron chi connectivity index (χ1n) is 7.66. The summed E-state index contributed by atoms with van der Waals surface area (Å²) < 4.78 is 5.61. The van der Waals surface area contributed by atoms with E-state index in [1.165, 1.54) is 12.8 Å². The van der Waals surface area contributed by atoms with Crippen molar-refractivity contribution >= 4 is 5.97 Å². The fourth-order valence-corrected chi connectivity index (χ4v) is 2.07. The van der Waals surface area contributed by atoms with Gasteiger partial charge in [0.25, 0.3) is 0 Å². The Balaban J connectivity index is 1.99. The number of carboxylic acid groups (broad SMARTS) is 1. The molecule has 1 rings (SSSR count). The number of aliphatic carboxylic acids is 1. The van der Waals surface area contributed by atoms with E-state index in [4.69, 9.17) is 9.84 Å². The van der Waals surface area contributed by atoms with E-state index in [0.717, 1.165) is 45.1 Å². The largest absolute Gasteiger partial charge is 0.480 e. The SMILES string of the molecule is CNC(C)(CCCCN(C)CCOCC1CC1)C(=O)O. The topological polar surface area (TPSA) is 61.8 Å². The molecule has 0 aromatic heterocycles. The van der Waals surface area contributed by atoms with E-state index in [1.807, 2.05) is 0 Å². The maximum Gasteiger partial charge on any atom is 0.323 e. The third kappa shape index (κ3) is 6.68. The monoisotopic (exact) mass is 286 g/mol. The maximum atomic E-state index is 11.1. The van der Waals surface area contributed by atoms with Crippen LogP contribution in [0.5, 0.6) is 0 Å². The van der Waals surface area contributed by atoms with Crippen LogP contribution in [-0.2, 0) is 9.53 Å². The summed E-state index contributed by atoms with van der Waals surface area (Å²) >= 11 is 0. The summed E-state index contributed by atoms with van der Waals surface area (Å²) in [4.78, 5) is 13.4. The number of carbonyl (C=O) groups is 1. The second-order valence-corrected chi connectivity index (χ2v) is 6.17.